The summed E-state index contributed by atoms with van der Waals surface area (Å²) < 4.78 is 44.9. The van der Waals surface area contributed by atoms with Crippen molar-refractivity contribution in [2.75, 3.05) is 21.2 Å². The number of rotatable bonds is 6. The molecule has 6 nitrogen and oxygen atoms in total. The third kappa shape index (κ3) is 4.13. The molecule has 0 saturated heterocycles. The molecule has 0 aliphatic heterocycles. The van der Waals surface area contributed by atoms with E-state index in [-0.39, 0.29) is 27.9 Å². The molecule has 1 fully saturated rings. The van der Waals surface area contributed by atoms with Gasteiger partial charge in [-0.05, 0) is 48.7 Å². The fraction of sp³-hybridized carbons (Fsp3) is 0.381. The van der Waals surface area contributed by atoms with Crippen LogP contribution in [0.5, 0.6) is 5.75 Å². The first kappa shape index (κ1) is 21.3. The van der Waals surface area contributed by atoms with Crippen molar-refractivity contribution in [3.63, 3.8) is 0 Å². The molecule has 1 aliphatic rings. The highest BCUT2D eigenvalue weighted by molar-refractivity contribution is 7.89. The SMILES string of the molecule is COc1ccc(C(=O)NC2(c3ccc(F)cc3)CCCC2)cc1S(=O)(=O)N(C)C. The molecule has 3 rings (SSSR count). The Kier molecular flexibility index (Phi) is 5.95. The summed E-state index contributed by atoms with van der Waals surface area (Å²) in [6.45, 7) is 0. The van der Waals surface area contributed by atoms with Crippen LogP contribution in [0.4, 0.5) is 4.39 Å². The van der Waals surface area contributed by atoms with E-state index in [4.69, 9.17) is 4.74 Å². The molecule has 29 heavy (non-hydrogen) atoms. The summed E-state index contributed by atoms with van der Waals surface area (Å²) in [6, 6.07) is 10.5. The van der Waals surface area contributed by atoms with Gasteiger partial charge in [-0.2, -0.15) is 0 Å². The predicted molar refractivity (Wildman–Crippen MR) is 108 cm³/mol. The maximum atomic E-state index is 13.4. The summed E-state index contributed by atoms with van der Waals surface area (Å²) in [6.07, 6.45) is 3.37. The second-order valence-electron chi connectivity index (χ2n) is 7.40. The summed E-state index contributed by atoms with van der Waals surface area (Å²) in [7, 11) is 0.433. The first-order valence-corrected chi connectivity index (χ1v) is 10.8. The van der Waals surface area contributed by atoms with Gasteiger partial charge in [0, 0.05) is 19.7 Å². The fourth-order valence-corrected chi connectivity index (χ4v) is 4.81. The van der Waals surface area contributed by atoms with Gasteiger partial charge in [-0.15, -0.1) is 0 Å². The van der Waals surface area contributed by atoms with Gasteiger partial charge in [-0.3, -0.25) is 4.79 Å². The molecule has 0 radical (unpaired) electrons. The second-order valence-corrected chi connectivity index (χ2v) is 9.52. The largest absolute Gasteiger partial charge is 0.495 e. The Hall–Kier alpha value is -2.45. The molecule has 1 saturated carbocycles. The van der Waals surface area contributed by atoms with Crippen LogP contribution in [0, 0.1) is 5.82 Å². The quantitative estimate of drug-likeness (QED) is 0.778. The van der Waals surface area contributed by atoms with E-state index >= 15 is 0 Å². The lowest BCUT2D eigenvalue weighted by atomic mass is 9.87. The van der Waals surface area contributed by atoms with Crippen LogP contribution < -0.4 is 10.1 Å². The van der Waals surface area contributed by atoms with Crippen LogP contribution in [0.25, 0.3) is 0 Å². The van der Waals surface area contributed by atoms with Crippen molar-refractivity contribution in [1.29, 1.82) is 0 Å². The molecule has 0 bridgehead atoms. The van der Waals surface area contributed by atoms with Crippen LogP contribution in [0.1, 0.15) is 41.6 Å². The van der Waals surface area contributed by atoms with E-state index in [2.05, 4.69) is 5.32 Å². The maximum Gasteiger partial charge on any atom is 0.252 e. The molecule has 2 aromatic carbocycles. The van der Waals surface area contributed by atoms with E-state index in [1.807, 2.05) is 0 Å². The average molecular weight is 421 g/mol. The molecule has 0 spiro atoms. The van der Waals surface area contributed by atoms with Crippen molar-refractivity contribution in [1.82, 2.24) is 9.62 Å². The monoisotopic (exact) mass is 420 g/mol. The number of nitrogens with one attached hydrogen (secondary N) is 1. The number of benzene rings is 2. The molecule has 1 amide bonds. The Bertz CT molecular complexity index is 998. The number of halogens is 1. The summed E-state index contributed by atoms with van der Waals surface area (Å²) in [5, 5.41) is 3.08. The third-order valence-electron chi connectivity index (χ3n) is 5.39. The van der Waals surface area contributed by atoms with Gasteiger partial charge in [-0.25, -0.2) is 17.1 Å². The van der Waals surface area contributed by atoms with E-state index < -0.39 is 15.6 Å². The number of hydrogen-bond acceptors (Lipinski definition) is 4. The van der Waals surface area contributed by atoms with Crippen LogP contribution in [0.15, 0.2) is 47.4 Å². The molecule has 0 unspecified atom stereocenters. The summed E-state index contributed by atoms with van der Waals surface area (Å²) >= 11 is 0. The minimum atomic E-state index is -3.79. The number of ether oxygens (including phenoxy) is 1. The van der Waals surface area contributed by atoms with E-state index in [0.717, 1.165) is 35.6 Å². The predicted octanol–water partition coefficient (Wildman–Crippen LogP) is 3.28. The molecule has 1 aliphatic carbocycles. The first-order chi connectivity index (χ1) is 13.7. The second kappa shape index (κ2) is 8.12. The summed E-state index contributed by atoms with van der Waals surface area (Å²) in [5.74, 6) is -0.541. The Morgan fingerprint density at radius 1 is 1.10 bits per heavy atom. The van der Waals surface area contributed by atoms with Gasteiger partial charge in [0.1, 0.15) is 16.5 Å². The van der Waals surface area contributed by atoms with Crippen molar-refractivity contribution < 1.29 is 22.3 Å². The number of nitrogens with zero attached hydrogens (tertiary/aromatic N) is 1. The number of methoxy groups -OCH3 is 1. The molecule has 0 heterocycles. The van der Waals surface area contributed by atoms with Crippen LogP contribution in [-0.4, -0.2) is 39.8 Å². The van der Waals surface area contributed by atoms with E-state index in [1.54, 1.807) is 12.1 Å². The number of carbonyl (C=O) groups excluding carboxylic acids is 1. The molecular formula is C21H25FN2O4S. The average Bonchev–Trinajstić information content (AvgIpc) is 3.17. The first-order valence-electron chi connectivity index (χ1n) is 9.39. The zero-order chi connectivity index (χ0) is 21.2. The third-order valence-corrected chi connectivity index (χ3v) is 7.23. The Morgan fingerprint density at radius 2 is 1.72 bits per heavy atom. The number of amides is 1. The highest BCUT2D eigenvalue weighted by Gasteiger charge is 2.37. The summed E-state index contributed by atoms with van der Waals surface area (Å²) in [4.78, 5) is 13.0. The Balaban J connectivity index is 1.96. The lowest BCUT2D eigenvalue weighted by Crippen LogP contribution is -2.43. The maximum absolute atomic E-state index is 13.4. The van der Waals surface area contributed by atoms with E-state index in [9.17, 15) is 17.6 Å². The van der Waals surface area contributed by atoms with E-state index in [0.29, 0.717) is 0 Å². The molecule has 0 atom stereocenters. The van der Waals surface area contributed by atoms with Crippen molar-refractivity contribution in [2.45, 2.75) is 36.1 Å². The van der Waals surface area contributed by atoms with Gasteiger partial charge in [0.15, 0.2) is 0 Å². The number of sulfonamides is 1. The van der Waals surface area contributed by atoms with Crippen molar-refractivity contribution in [2.24, 2.45) is 0 Å². The Labute approximate surface area is 170 Å². The van der Waals surface area contributed by atoms with Crippen LogP contribution >= 0.6 is 0 Å². The molecule has 156 valence electrons. The van der Waals surface area contributed by atoms with Crippen LogP contribution in [0.2, 0.25) is 0 Å². The van der Waals surface area contributed by atoms with Gasteiger partial charge >= 0.3 is 0 Å². The summed E-state index contributed by atoms with van der Waals surface area (Å²) in [5.41, 5.74) is 0.477. The molecule has 8 heteroatoms. The van der Waals surface area contributed by atoms with Gasteiger partial charge in [0.25, 0.3) is 5.91 Å². The van der Waals surface area contributed by atoms with E-state index in [1.165, 1.54) is 51.5 Å². The van der Waals surface area contributed by atoms with Crippen LogP contribution in [0.3, 0.4) is 0 Å². The van der Waals surface area contributed by atoms with Crippen molar-refractivity contribution >= 4 is 15.9 Å². The Morgan fingerprint density at radius 3 is 2.28 bits per heavy atom. The number of carbonyl (C=O) groups is 1. The van der Waals surface area contributed by atoms with Gasteiger partial charge < -0.3 is 10.1 Å². The lowest BCUT2D eigenvalue weighted by molar-refractivity contribution is 0.0898. The molecule has 0 aromatic heterocycles. The zero-order valence-electron chi connectivity index (χ0n) is 16.7. The van der Waals surface area contributed by atoms with Gasteiger partial charge in [-0.1, -0.05) is 25.0 Å². The topological polar surface area (TPSA) is 75.7 Å². The van der Waals surface area contributed by atoms with Gasteiger partial charge in [0.05, 0.1) is 12.6 Å². The van der Waals surface area contributed by atoms with Crippen molar-refractivity contribution in [3.8, 4) is 5.75 Å². The highest BCUT2D eigenvalue weighted by Crippen LogP contribution is 2.39. The van der Waals surface area contributed by atoms with Crippen LogP contribution in [-0.2, 0) is 15.6 Å². The lowest BCUT2D eigenvalue weighted by Gasteiger charge is -2.31. The molecule has 2 aromatic rings. The molecular weight excluding hydrogens is 395 g/mol. The highest BCUT2D eigenvalue weighted by atomic mass is 32.2. The normalized spacial score (nSPS) is 16.0. The molecule has 1 N–H and O–H groups in total. The zero-order valence-corrected chi connectivity index (χ0v) is 17.6. The van der Waals surface area contributed by atoms with Crippen molar-refractivity contribution in [3.05, 3.63) is 59.4 Å². The smallest absolute Gasteiger partial charge is 0.252 e. The minimum Gasteiger partial charge on any atom is -0.495 e. The number of hydrogen-bond donors (Lipinski definition) is 1. The fourth-order valence-electron chi connectivity index (χ4n) is 3.74. The standard InChI is InChI=1S/C21H25FN2O4S/c1-24(2)29(26,27)19-14-15(6-11-18(19)28-3)20(25)23-21(12-4-5-13-21)16-7-9-17(22)10-8-16/h6-11,14H,4-5,12-13H2,1-3H3,(H,23,25). The minimum absolute atomic E-state index is 0.0695. The van der Waals surface area contributed by atoms with Gasteiger partial charge in [0.2, 0.25) is 10.0 Å².